The largest absolute Gasteiger partial charge is 0.488 e. The summed E-state index contributed by atoms with van der Waals surface area (Å²) < 4.78 is 19.9. The lowest BCUT2D eigenvalue weighted by atomic mass is 9.76. The molecule has 1 N–H and O–H groups in total. The maximum absolute atomic E-state index is 14.0. The van der Waals surface area contributed by atoms with Crippen LogP contribution in [-0.2, 0) is 6.61 Å². The first-order valence-electron chi connectivity index (χ1n) is 12.8. The topological polar surface area (TPSA) is 33.6 Å². The number of nitrogens with one attached hydrogen (secondary N) is 1. The van der Waals surface area contributed by atoms with Crippen molar-refractivity contribution in [3.05, 3.63) is 137 Å². The predicted molar refractivity (Wildman–Crippen MR) is 148 cm³/mol. The van der Waals surface area contributed by atoms with E-state index in [9.17, 15) is 4.39 Å². The summed E-state index contributed by atoms with van der Waals surface area (Å²) in [6.07, 6.45) is 7.59. The van der Waals surface area contributed by atoms with Gasteiger partial charge in [0.2, 0.25) is 0 Å². The number of ether oxygens (including phenoxy) is 1. The Morgan fingerprint density at radius 2 is 1.78 bits per heavy atom. The Kier molecular flexibility index (Phi) is 6.32. The number of halogens is 1. The molecule has 0 saturated heterocycles. The average Bonchev–Trinajstić information content (AvgIpc) is 3.43. The summed E-state index contributed by atoms with van der Waals surface area (Å²) in [6, 6.07) is 29.8. The normalized spacial score (nSPS) is 19.9. The first kappa shape index (κ1) is 23.2. The minimum absolute atomic E-state index is 0.167. The lowest BCUT2D eigenvalue weighted by Crippen LogP contribution is -2.29. The van der Waals surface area contributed by atoms with Crippen molar-refractivity contribution in [1.29, 1.82) is 0 Å². The van der Waals surface area contributed by atoms with E-state index in [1.54, 1.807) is 18.3 Å². The van der Waals surface area contributed by atoms with E-state index < -0.39 is 0 Å². The van der Waals surface area contributed by atoms with Crippen molar-refractivity contribution in [2.45, 2.75) is 31.9 Å². The number of anilines is 1. The van der Waals surface area contributed by atoms with Crippen LogP contribution in [0.1, 0.15) is 46.2 Å². The van der Waals surface area contributed by atoms with Gasteiger partial charge < -0.3 is 10.1 Å². The van der Waals surface area contributed by atoms with Gasteiger partial charge in [-0.25, -0.2) is 4.39 Å². The van der Waals surface area contributed by atoms with Crippen molar-refractivity contribution in [2.75, 3.05) is 5.32 Å². The molecule has 0 unspecified atom stereocenters. The Hall–Kier alpha value is -4.18. The molecule has 1 heterocycles. The Labute approximate surface area is 217 Å². The van der Waals surface area contributed by atoms with E-state index in [0.717, 1.165) is 17.7 Å². The number of rotatable bonds is 6. The number of allylic oxidation sites excluding steroid dienone is 2. The quantitative estimate of drug-likeness (QED) is 0.219. The molecule has 0 fully saturated rings. The highest BCUT2D eigenvalue weighted by atomic mass is 19.1. The van der Waals surface area contributed by atoms with Gasteiger partial charge in [-0.1, -0.05) is 72.3 Å². The number of hydrogen-bond acceptors (Lipinski definition) is 3. The molecule has 6 rings (SSSR count). The van der Waals surface area contributed by atoms with Crippen molar-refractivity contribution in [3.8, 4) is 5.75 Å². The number of benzene rings is 4. The SMILES string of the molecule is Cc1ccc2c(c1)[C@@H]1C=CC[C@H]1[C@@H](c1ccc(N=Cc3ccccc3OCc3ccccc3F)cc1)N2. The van der Waals surface area contributed by atoms with E-state index in [0.29, 0.717) is 23.1 Å². The van der Waals surface area contributed by atoms with Crippen LogP contribution in [0.2, 0.25) is 0 Å². The monoisotopic (exact) mass is 488 g/mol. The maximum Gasteiger partial charge on any atom is 0.129 e. The minimum Gasteiger partial charge on any atom is -0.488 e. The first-order chi connectivity index (χ1) is 18.2. The van der Waals surface area contributed by atoms with Crippen LogP contribution in [0.5, 0.6) is 5.75 Å². The third kappa shape index (κ3) is 4.79. The molecule has 0 bridgehead atoms. The van der Waals surface area contributed by atoms with E-state index in [-0.39, 0.29) is 18.5 Å². The third-order valence-electron chi connectivity index (χ3n) is 7.38. The van der Waals surface area contributed by atoms with E-state index in [2.05, 4.69) is 66.9 Å². The molecule has 4 aromatic rings. The maximum atomic E-state index is 14.0. The van der Waals surface area contributed by atoms with E-state index in [1.165, 1.54) is 28.4 Å². The number of aryl methyl sites for hydroxylation is 1. The van der Waals surface area contributed by atoms with Gasteiger partial charge in [-0.05, 0) is 66.8 Å². The van der Waals surface area contributed by atoms with Crippen LogP contribution in [0.25, 0.3) is 0 Å². The molecule has 4 aromatic carbocycles. The fourth-order valence-electron chi connectivity index (χ4n) is 5.45. The van der Waals surface area contributed by atoms with Crippen molar-refractivity contribution in [1.82, 2.24) is 0 Å². The molecule has 0 radical (unpaired) electrons. The minimum atomic E-state index is -0.264. The fourth-order valence-corrected chi connectivity index (χ4v) is 5.45. The Balaban J connectivity index is 1.18. The highest BCUT2D eigenvalue weighted by molar-refractivity contribution is 5.85. The third-order valence-corrected chi connectivity index (χ3v) is 7.38. The van der Waals surface area contributed by atoms with E-state index >= 15 is 0 Å². The van der Waals surface area contributed by atoms with Crippen molar-refractivity contribution < 1.29 is 9.13 Å². The van der Waals surface area contributed by atoms with Gasteiger partial charge in [-0.15, -0.1) is 0 Å². The van der Waals surface area contributed by atoms with Gasteiger partial charge in [-0.2, -0.15) is 0 Å². The number of hydrogen-bond donors (Lipinski definition) is 1. The molecule has 0 aromatic heterocycles. The smallest absolute Gasteiger partial charge is 0.129 e. The number of fused-ring (bicyclic) bond motifs is 3. The molecule has 0 saturated carbocycles. The zero-order valence-corrected chi connectivity index (χ0v) is 20.8. The zero-order valence-electron chi connectivity index (χ0n) is 20.8. The molecular weight excluding hydrogens is 459 g/mol. The summed E-state index contributed by atoms with van der Waals surface area (Å²) in [6.45, 7) is 2.33. The highest BCUT2D eigenvalue weighted by Gasteiger charge is 2.37. The van der Waals surface area contributed by atoms with Crippen molar-refractivity contribution >= 4 is 17.6 Å². The Bertz CT molecular complexity index is 1470. The lowest BCUT2D eigenvalue weighted by Gasteiger charge is -2.37. The zero-order chi connectivity index (χ0) is 25.2. The molecule has 1 aliphatic carbocycles. The van der Waals surface area contributed by atoms with Crippen LogP contribution in [-0.4, -0.2) is 6.21 Å². The summed E-state index contributed by atoms with van der Waals surface area (Å²) in [4.78, 5) is 4.70. The standard InChI is InChI=1S/C33H29FN2O/c1-22-13-18-31-29(19-22)27-9-6-10-28(27)33(36-31)23-14-16-26(17-15-23)35-20-24-7-3-5-12-32(24)37-21-25-8-2-4-11-30(25)34/h2-9,11-20,27-28,33,36H,10,21H2,1H3/t27-,28-,33-/m1/s1. The molecular formula is C33H29FN2O. The van der Waals surface area contributed by atoms with Crippen LogP contribution in [0.15, 0.2) is 108 Å². The van der Waals surface area contributed by atoms with Gasteiger partial charge >= 0.3 is 0 Å². The van der Waals surface area contributed by atoms with Gasteiger partial charge in [0.15, 0.2) is 0 Å². The molecule has 3 nitrogen and oxygen atoms in total. The average molecular weight is 489 g/mol. The van der Waals surface area contributed by atoms with Gasteiger partial charge in [0, 0.05) is 28.9 Å². The summed E-state index contributed by atoms with van der Waals surface area (Å²) in [7, 11) is 0. The molecule has 0 spiro atoms. The molecule has 184 valence electrons. The van der Waals surface area contributed by atoms with Crippen molar-refractivity contribution in [2.24, 2.45) is 10.9 Å². The molecule has 2 aliphatic rings. The first-order valence-corrected chi connectivity index (χ1v) is 12.8. The molecule has 3 atom stereocenters. The van der Waals surface area contributed by atoms with Gasteiger partial charge in [0.05, 0.1) is 11.7 Å². The van der Waals surface area contributed by atoms with Gasteiger partial charge in [-0.3, -0.25) is 4.99 Å². The predicted octanol–water partition coefficient (Wildman–Crippen LogP) is 8.29. The van der Waals surface area contributed by atoms with Crippen LogP contribution < -0.4 is 10.1 Å². The second-order valence-corrected chi connectivity index (χ2v) is 9.83. The number of nitrogens with zero attached hydrogens (tertiary/aromatic N) is 1. The molecule has 0 amide bonds. The summed E-state index contributed by atoms with van der Waals surface area (Å²) >= 11 is 0. The molecule has 37 heavy (non-hydrogen) atoms. The summed E-state index contributed by atoms with van der Waals surface area (Å²) in [5.74, 6) is 1.38. The van der Waals surface area contributed by atoms with Crippen LogP contribution in [0, 0.1) is 18.7 Å². The van der Waals surface area contributed by atoms with E-state index in [4.69, 9.17) is 9.73 Å². The molecule has 1 aliphatic heterocycles. The van der Waals surface area contributed by atoms with Gasteiger partial charge in [0.1, 0.15) is 18.2 Å². The number of para-hydroxylation sites is 1. The second kappa shape index (κ2) is 10.1. The van der Waals surface area contributed by atoms with Crippen LogP contribution in [0.4, 0.5) is 15.8 Å². The summed E-state index contributed by atoms with van der Waals surface area (Å²) in [5, 5.41) is 3.81. The summed E-state index contributed by atoms with van der Waals surface area (Å²) in [5.41, 5.74) is 7.48. The highest BCUT2D eigenvalue weighted by Crippen LogP contribution is 2.50. The second-order valence-electron chi connectivity index (χ2n) is 9.83. The van der Waals surface area contributed by atoms with Gasteiger partial charge in [0.25, 0.3) is 0 Å². The van der Waals surface area contributed by atoms with Crippen molar-refractivity contribution in [3.63, 3.8) is 0 Å². The lowest BCUT2D eigenvalue weighted by molar-refractivity contribution is 0.299. The van der Waals surface area contributed by atoms with Crippen LogP contribution >= 0.6 is 0 Å². The van der Waals surface area contributed by atoms with E-state index in [1.807, 2.05) is 30.3 Å². The number of aliphatic imine (C=N–C) groups is 1. The molecule has 4 heteroatoms. The Morgan fingerprint density at radius 3 is 2.65 bits per heavy atom. The van der Waals surface area contributed by atoms with Crippen LogP contribution in [0.3, 0.4) is 0 Å². The Morgan fingerprint density at radius 1 is 0.973 bits per heavy atom. The fraction of sp³-hybridized carbons (Fsp3) is 0.182.